The van der Waals surface area contributed by atoms with Crippen LogP contribution < -0.4 is 5.32 Å². The second kappa shape index (κ2) is 3.61. The Morgan fingerprint density at radius 2 is 2.00 bits per heavy atom. The summed E-state index contributed by atoms with van der Waals surface area (Å²) in [5, 5.41) is 3.74. The second-order valence-corrected chi connectivity index (χ2v) is 5.81. The summed E-state index contributed by atoms with van der Waals surface area (Å²) in [7, 11) is 0. The Morgan fingerprint density at radius 3 is 2.62 bits per heavy atom. The van der Waals surface area contributed by atoms with E-state index in [0.717, 1.165) is 12.0 Å². The van der Waals surface area contributed by atoms with Crippen LogP contribution in [0.3, 0.4) is 0 Å². The molecular weight excluding hydrogens is 158 g/mol. The topological polar surface area (TPSA) is 12.0 Å². The minimum atomic E-state index is 0.597. The molecule has 1 heteroatoms. The molecule has 1 atom stereocenters. The van der Waals surface area contributed by atoms with Crippen LogP contribution in [0.4, 0.5) is 0 Å². The van der Waals surface area contributed by atoms with Crippen molar-refractivity contribution in [2.75, 3.05) is 6.54 Å². The Labute approximate surface area is 82.3 Å². The fraction of sp³-hybridized carbons (Fsp3) is 1.00. The van der Waals surface area contributed by atoms with Gasteiger partial charge in [-0.3, -0.25) is 0 Å². The first-order valence-corrected chi connectivity index (χ1v) is 5.89. The van der Waals surface area contributed by atoms with Crippen LogP contribution in [0.2, 0.25) is 0 Å². The molecule has 0 amide bonds. The molecule has 0 aliphatic heterocycles. The quantitative estimate of drug-likeness (QED) is 0.706. The molecule has 2 rings (SSSR count). The lowest BCUT2D eigenvalue weighted by atomic mass is 9.75. The maximum absolute atomic E-state index is 3.74. The molecule has 2 aliphatic carbocycles. The fourth-order valence-electron chi connectivity index (χ4n) is 2.53. The lowest BCUT2D eigenvalue weighted by molar-refractivity contribution is 0.198. The van der Waals surface area contributed by atoms with Crippen molar-refractivity contribution >= 4 is 0 Å². The Balaban J connectivity index is 1.71. The fourth-order valence-corrected chi connectivity index (χ4v) is 2.53. The molecule has 1 N–H and O–H groups in total. The third-order valence-electron chi connectivity index (χ3n) is 3.60. The summed E-state index contributed by atoms with van der Waals surface area (Å²) in [5.41, 5.74) is 0.597. The first-order valence-electron chi connectivity index (χ1n) is 5.89. The molecular formula is C12H23N. The van der Waals surface area contributed by atoms with Gasteiger partial charge in [-0.25, -0.2) is 0 Å². The predicted molar refractivity (Wildman–Crippen MR) is 56.8 cm³/mol. The molecule has 1 nitrogen and oxygen atoms in total. The van der Waals surface area contributed by atoms with E-state index in [9.17, 15) is 0 Å². The molecule has 2 saturated carbocycles. The number of hydrogen-bond donors (Lipinski definition) is 1. The molecule has 0 heterocycles. The van der Waals surface area contributed by atoms with Crippen LogP contribution in [0.25, 0.3) is 0 Å². The zero-order valence-corrected chi connectivity index (χ0v) is 9.10. The maximum Gasteiger partial charge on any atom is 0.00722 e. The van der Waals surface area contributed by atoms with Gasteiger partial charge in [-0.1, -0.05) is 20.3 Å². The van der Waals surface area contributed by atoms with Gasteiger partial charge in [0.1, 0.15) is 0 Å². The first-order chi connectivity index (χ1) is 6.16. The average molecular weight is 181 g/mol. The molecule has 0 spiro atoms. The highest BCUT2D eigenvalue weighted by atomic mass is 14.9. The van der Waals surface area contributed by atoms with Gasteiger partial charge in [-0.15, -0.1) is 0 Å². The van der Waals surface area contributed by atoms with Crippen LogP contribution in [-0.2, 0) is 0 Å². The van der Waals surface area contributed by atoms with Gasteiger partial charge in [0.05, 0.1) is 0 Å². The molecule has 0 bridgehead atoms. The highest BCUT2D eigenvalue weighted by molar-refractivity contribution is 4.85. The lowest BCUT2D eigenvalue weighted by Crippen LogP contribution is -2.38. The van der Waals surface area contributed by atoms with Gasteiger partial charge < -0.3 is 5.32 Å². The largest absolute Gasteiger partial charge is 0.314 e. The van der Waals surface area contributed by atoms with Gasteiger partial charge in [0, 0.05) is 6.04 Å². The molecule has 0 aromatic rings. The van der Waals surface area contributed by atoms with Gasteiger partial charge in [0.2, 0.25) is 0 Å². The van der Waals surface area contributed by atoms with E-state index in [-0.39, 0.29) is 0 Å². The summed E-state index contributed by atoms with van der Waals surface area (Å²) in [4.78, 5) is 0. The first kappa shape index (κ1) is 9.51. The van der Waals surface area contributed by atoms with E-state index in [0.29, 0.717) is 5.41 Å². The summed E-state index contributed by atoms with van der Waals surface area (Å²) < 4.78 is 0. The highest BCUT2D eigenvalue weighted by Crippen LogP contribution is 2.35. The van der Waals surface area contributed by atoms with Gasteiger partial charge in [-0.2, -0.15) is 0 Å². The van der Waals surface area contributed by atoms with Gasteiger partial charge in [0.15, 0.2) is 0 Å². The van der Waals surface area contributed by atoms with Crippen LogP contribution >= 0.6 is 0 Å². The van der Waals surface area contributed by atoms with E-state index < -0.39 is 0 Å². The van der Waals surface area contributed by atoms with Crippen LogP contribution in [0.1, 0.15) is 52.4 Å². The van der Waals surface area contributed by atoms with Gasteiger partial charge >= 0.3 is 0 Å². The van der Waals surface area contributed by atoms with E-state index in [1.54, 1.807) is 0 Å². The van der Waals surface area contributed by atoms with Crippen molar-refractivity contribution in [1.29, 1.82) is 0 Å². The molecule has 0 radical (unpaired) electrons. The lowest BCUT2D eigenvalue weighted by Gasteiger charge is -2.35. The Kier molecular flexibility index (Phi) is 2.64. The average Bonchev–Trinajstić information content (AvgIpc) is 2.82. The number of nitrogens with one attached hydrogen (secondary N) is 1. The van der Waals surface area contributed by atoms with Crippen LogP contribution in [0.5, 0.6) is 0 Å². The van der Waals surface area contributed by atoms with Gasteiger partial charge in [-0.05, 0) is 50.0 Å². The van der Waals surface area contributed by atoms with Crippen molar-refractivity contribution in [2.45, 2.75) is 58.4 Å². The maximum atomic E-state index is 3.74. The summed E-state index contributed by atoms with van der Waals surface area (Å²) in [6, 6.07) is 0.823. The third-order valence-corrected chi connectivity index (χ3v) is 3.60. The second-order valence-electron chi connectivity index (χ2n) is 5.81. The third kappa shape index (κ3) is 2.98. The predicted octanol–water partition coefficient (Wildman–Crippen LogP) is 2.95. The number of hydrogen-bond acceptors (Lipinski definition) is 1. The summed E-state index contributed by atoms with van der Waals surface area (Å²) in [5.74, 6) is 1.03. The van der Waals surface area contributed by atoms with Gasteiger partial charge in [0.25, 0.3) is 0 Å². The molecule has 0 aromatic carbocycles. The SMILES string of the molecule is CC1(C)CCCC(NCC2CC2)C1. The molecule has 2 aliphatic rings. The van der Waals surface area contributed by atoms with Crippen LogP contribution in [0, 0.1) is 11.3 Å². The smallest absolute Gasteiger partial charge is 0.00722 e. The normalized spacial score (nSPS) is 33.2. The summed E-state index contributed by atoms with van der Waals surface area (Å²) >= 11 is 0. The van der Waals surface area contributed by atoms with Crippen molar-refractivity contribution in [3.8, 4) is 0 Å². The van der Waals surface area contributed by atoms with E-state index >= 15 is 0 Å². The molecule has 13 heavy (non-hydrogen) atoms. The van der Waals surface area contributed by atoms with Crippen molar-refractivity contribution in [1.82, 2.24) is 5.32 Å². The molecule has 0 saturated heterocycles. The molecule has 0 aromatic heterocycles. The van der Waals surface area contributed by atoms with Crippen LogP contribution in [0.15, 0.2) is 0 Å². The molecule has 2 fully saturated rings. The standard InChI is InChI=1S/C12H23N/c1-12(2)7-3-4-11(8-12)13-9-10-5-6-10/h10-11,13H,3-9H2,1-2H3. The van der Waals surface area contributed by atoms with E-state index in [1.807, 2.05) is 0 Å². The monoisotopic (exact) mass is 181 g/mol. The van der Waals surface area contributed by atoms with E-state index in [1.165, 1.54) is 45.1 Å². The molecule has 1 unspecified atom stereocenters. The highest BCUT2D eigenvalue weighted by Gasteiger charge is 2.29. The van der Waals surface area contributed by atoms with E-state index in [4.69, 9.17) is 0 Å². The Morgan fingerprint density at radius 1 is 1.23 bits per heavy atom. The van der Waals surface area contributed by atoms with E-state index in [2.05, 4.69) is 19.2 Å². The Hall–Kier alpha value is -0.0400. The number of rotatable bonds is 3. The summed E-state index contributed by atoms with van der Waals surface area (Å²) in [6.07, 6.45) is 8.60. The van der Waals surface area contributed by atoms with Crippen molar-refractivity contribution in [2.24, 2.45) is 11.3 Å². The zero-order chi connectivity index (χ0) is 9.31. The van der Waals surface area contributed by atoms with Crippen molar-refractivity contribution in [3.05, 3.63) is 0 Å². The van der Waals surface area contributed by atoms with Crippen LogP contribution in [-0.4, -0.2) is 12.6 Å². The minimum Gasteiger partial charge on any atom is -0.314 e. The summed E-state index contributed by atoms with van der Waals surface area (Å²) in [6.45, 7) is 6.12. The van der Waals surface area contributed by atoms with Crippen molar-refractivity contribution in [3.63, 3.8) is 0 Å². The minimum absolute atomic E-state index is 0.597. The zero-order valence-electron chi connectivity index (χ0n) is 9.10. The Bertz CT molecular complexity index is 170. The molecule has 76 valence electrons. The van der Waals surface area contributed by atoms with Crippen molar-refractivity contribution < 1.29 is 0 Å².